The molecule has 21 heavy (non-hydrogen) atoms. The third-order valence-corrected chi connectivity index (χ3v) is 5.32. The summed E-state index contributed by atoms with van der Waals surface area (Å²) in [6.45, 7) is 1.34. The predicted octanol–water partition coefficient (Wildman–Crippen LogP) is 3.54. The van der Waals surface area contributed by atoms with Gasteiger partial charge in [-0.2, -0.15) is 0 Å². The van der Waals surface area contributed by atoms with Crippen LogP contribution in [0.15, 0.2) is 22.7 Å². The molecule has 4 nitrogen and oxygen atoms in total. The van der Waals surface area contributed by atoms with Gasteiger partial charge in [0.2, 0.25) is 0 Å². The van der Waals surface area contributed by atoms with Crippen molar-refractivity contribution in [1.82, 2.24) is 5.32 Å². The second-order valence-corrected chi connectivity index (χ2v) is 7.15. The summed E-state index contributed by atoms with van der Waals surface area (Å²) < 4.78 is 7.62. The molecular weight excluding hydrogens is 352 g/mol. The fourth-order valence-corrected chi connectivity index (χ4v) is 4.11. The molecule has 112 valence electrons. The molecule has 1 atom stereocenters. The van der Waals surface area contributed by atoms with Crippen molar-refractivity contribution in [3.8, 4) is 0 Å². The number of amides is 1. The maximum Gasteiger partial charge on any atom is 0.263 e. The molecule has 3 rings (SSSR count). The van der Waals surface area contributed by atoms with Crippen LogP contribution in [0.2, 0.25) is 0 Å². The van der Waals surface area contributed by atoms with Gasteiger partial charge in [0.15, 0.2) is 0 Å². The Bertz CT molecular complexity index is 665. The molecule has 0 bridgehead atoms. The largest absolute Gasteiger partial charge is 0.397 e. The van der Waals surface area contributed by atoms with Crippen LogP contribution in [-0.2, 0) is 4.74 Å². The molecule has 2 aromatic rings. The van der Waals surface area contributed by atoms with Gasteiger partial charge in [0.1, 0.15) is 4.88 Å². The number of hydrogen-bond acceptors (Lipinski definition) is 4. The van der Waals surface area contributed by atoms with Crippen molar-refractivity contribution in [2.24, 2.45) is 0 Å². The number of nitrogens with one attached hydrogen (secondary N) is 1. The van der Waals surface area contributed by atoms with Crippen molar-refractivity contribution >= 4 is 48.9 Å². The number of rotatable bonds is 3. The number of nitrogens with two attached hydrogens (primary N) is 1. The smallest absolute Gasteiger partial charge is 0.263 e. The van der Waals surface area contributed by atoms with Crippen molar-refractivity contribution in [2.75, 3.05) is 18.9 Å². The lowest BCUT2D eigenvalue weighted by Crippen LogP contribution is -2.35. The molecule has 1 amide bonds. The minimum atomic E-state index is -0.112. The summed E-state index contributed by atoms with van der Waals surface area (Å²) in [5, 5.41) is 3.87. The lowest BCUT2D eigenvalue weighted by Gasteiger charge is -2.22. The van der Waals surface area contributed by atoms with Crippen molar-refractivity contribution in [2.45, 2.75) is 25.4 Å². The van der Waals surface area contributed by atoms with E-state index in [2.05, 4.69) is 21.2 Å². The fourth-order valence-electron chi connectivity index (χ4n) is 2.51. The zero-order valence-corrected chi connectivity index (χ0v) is 13.9. The van der Waals surface area contributed by atoms with E-state index in [1.54, 1.807) is 0 Å². The number of thiophene rings is 1. The van der Waals surface area contributed by atoms with E-state index >= 15 is 0 Å². The van der Waals surface area contributed by atoms with Crippen LogP contribution in [0.5, 0.6) is 0 Å². The Morgan fingerprint density at radius 3 is 3.10 bits per heavy atom. The molecule has 1 unspecified atom stereocenters. The normalized spacial score (nSPS) is 18.8. The summed E-state index contributed by atoms with van der Waals surface area (Å²) in [6.07, 6.45) is 3.42. The average molecular weight is 369 g/mol. The average Bonchev–Trinajstić information content (AvgIpc) is 2.82. The lowest BCUT2D eigenvalue weighted by atomic mass is 10.1. The first-order valence-corrected chi connectivity index (χ1v) is 8.63. The molecule has 0 radical (unpaired) electrons. The second-order valence-electron chi connectivity index (χ2n) is 5.18. The van der Waals surface area contributed by atoms with Gasteiger partial charge in [-0.25, -0.2) is 0 Å². The number of fused-ring (bicyclic) bond motifs is 1. The summed E-state index contributed by atoms with van der Waals surface area (Å²) in [5.74, 6) is -0.112. The number of halogens is 1. The van der Waals surface area contributed by atoms with Crippen LogP contribution in [0, 0.1) is 0 Å². The van der Waals surface area contributed by atoms with Crippen LogP contribution >= 0.6 is 27.3 Å². The number of carbonyl (C=O) groups is 1. The Hall–Kier alpha value is -1.11. The van der Waals surface area contributed by atoms with Crippen LogP contribution in [0.25, 0.3) is 10.1 Å². The zero-order valence-electron chi connectivity index (χ0n) is 11.5. The van der Waals surface area contributed by atoms with E-state index in [9.17, 15) is 4.79 Å². The quantitative estimate of drug-likeness (QED) is 0.870. The van der Waals surface area contributed by atoms with Crippen LogP contribution in [0.4, 0.5) is 5.69 Å². The number of carbonyl (C=O) groups excluding carboxylic acids is 1. The summed E-state index contributed by atoms with van der Waals surface area (Å²) in [4.78, 5) is 12.9. The lowest BCUT2D eigenvalue weighted by molar-refractivity contribution is 0.0169. The van der Waals surface area contributed by atoms with Crippen LogP contribution in [0.1, 0.15) is 28.9 Å². The molecule has 1 aromatic carbocycles. The van der Waals surface area contributed by atoms with E-state index in [0.717, 1.165) is 34.0 Å². The van der Waals surface area contributed by atoms with Gasteiger partial charge in [-0.3, -0.25) is 4.79 Å². The molecule has 1 aromatic heterocycles. The maximum absolute atomic E-state index is 12.3. The number of ether oxygens (including phenoxy) is 1. The molecule has 1 fully saturated rings. The summed E-state index contributed by atoms with van der Waals surface area (Å²) in [5.41, 5.74) is 6.66. The summed E-state index contributed by atoms with van der Waals surface area (Å²) in [6, 6.07) is 5.85. The highest BCUT2D eigenvalue weighted by atomic mass is 79.9. The standard InChI is InChI=1S/C15H17BrN2O2S/c16-9-4-5-11-12(7-9)21-14(13(11)17)15(19)18-8-10-3-1-2-6-20-10/h4-5,7,10H,1-3,6,8,17H2,(H,18,19). The highest BCUT2D eigenvalue weighted by Crippen LogP contribution is 2.35. The van der Waals surface area contributed by atoms with Gasteiger partial charge in [0.05, 0.1) is 11.8 Å². The minimum absolute atomic E-state index is 0.112. The van der Waals surface area contributed by atoms with Gasteiger partial charge in [0, 0.05) is 27.7 Å². The maximum atomic E-state index is 12.3. The molecule has 6 heteroatoms. The molecule has 1 aliphatic rings. The zero-order chi connectivity index (χ0) is 14.8. The molecule has 1 saturated heterocycles. The Labute approximate surface area is 135 Å². The molecule has 1 aliphatic heterocycles. The van der Waals surface area contributed by atoms with E-state index in [4.69, 9.17) is 10.5 Å². The minimum Gasteiger partial charge on any atom is -0.397 e. The topological polar surface area (TPSA) is 64.4 Å². The van der Waals surface area contributed by atoms with E-state index in [0.29, 0.717) is 17.1 Å². The summed E-state index contributed by atoms with van der Waals surface area (Å²) >= 11 is 4.86. The van der Waals surface area contributed by atoms with Crippen molar-refractivity contribution in [3.05, 3.63) is 27.5 Å². The van der Waals surface area contributed by atoms with Crippen molar-refractivity contribution < 1.29 is 9.53 Å². The van der Waals surface area contributed by atoms with E-state index in [1.807, 2.05) is 18.2 Å². The van der Waals surface area contributed by atoms with Gasteiger partial charge < -0.3 is 15.8 Å². The highest BCUT2D eigenvalue weighted by Gasteiger charge is 2.19. The van der Waals surface area contributed by atoms with Gasteiger partial charge in [-0.1, -0.05) is 22.0 Å². The number of benzene rings is 1. The molecule has 0 spiro atoms. The number of nitrogen functional groups attached to an aromatic ring is 1. The first-order chi connectivity index (χ1) is 10.1. The van der Waals surface area contributed by atoms with Crippen LogP contribution < -0.4 is 11.1 Å². The SMILES string of the molecule is Nc1c(C(=O)NCC2CCCCO2)sc2cc(Br)ccc12. The Morgan fingerprint density at radius 1 is 1.48 bits per heavy atom. The van der Waals surface area contributed by atoms with Gasteiger partial charge in [-0.15, -0.1) is 11.3 Å². The number of hydrogen-bond donors (Lipinski definition) is 2. The first-order valence-electron chi connectivity index (χ1n) is 7.02. The van der Waals surface area contributed by atoms with E-state index < -0.39 is 0 Å². The highest BCUT2D eigenvalue weighted by molar-refractivity contribution is 9.10. The van der Waals surface area contributed by atoms with Crippen molar-refractivity contribution in [1.29, 1.82) is 0 Å². The first kappa shape index (κ1) is 14.8. The molecule has 0 aliphatic carbocycles. The van der Waals surface area contributed by atoms with Gasteiger partial charge in [-0.05, 0) is 31.4 Å². The van der Waals surface area contributed by atoms with Gasteiger partial charge >= 0.3 is 0 Å². The third-order valence-electron chi connectivity index (χ3n) is 3.66. The van der Waals surface area contributed by atoms with Crippen molar-refractivity contribution in [3.63, 3.8) is 0 Å². The Morgan fingerprint density at radius 2 is 2.33 bits per heavy atom. The van der Waals surface area contributed by atoms with Gasteiger partial charge in [0.25, 0.3) is 5.91 Å². The third kappa shape index (κ3) is 3.22. The second kappa shape index (κ2) is 6.34. The number of anilines is 1. The summed E-state index contributed by atoms with van der Waals surface area (Å²) in [7, 11) is 0. The molecule has 0 saturated carbocycles. The molecule has 2 heterocycles. The molecule has 3 N–H and O–H groups in total. The Kier molecular flexibility index (Phi) is 4.47. The van der Waals surface area contributed by atoms with Crippen LogP contribution in [0.3, 0.4) is 0 Å². The molecular formula is C15H17BrN2O2S. The fraction of sp³-hybridized carbons (Fsp3) is 0.400. The van der Waals surface area contributed by atoms with E-state index in [-0.39, 0.29) is 12.0 Å². The Balaban J connectivity index is 1.73. The predicted molar refractivity (Wildman–Crippen MR) is 89.9 cm³/mol. The van der Waals surface area contributed by atoms with Crippen LogP contribution in [-0.4, -0.2) is 25.2 Å². The van der Waals surface area contributed by atoms with E-state index in [1.165, 1.54) is 17.8 Å². The monoisotopic (exact) mass is 368 g/mol.